The lowest BCUT2D eigenvalue weighted by molar-refractivity contribution is -0.136. The Kier molecular flexibility index (Phi) is 6.44. The second-order valence-electron chi connectivity index (χ2n) is 7.65. The van der Waals surface area contributed by atoms with Gasteiger partial charge >= 0.3 is 12.0 Å². The second kappa shape index (κ2) is 9.60. The molecule has 2 N–H and O–H groups in total. The van der Waals surface area contributed by atoms with E-state index in [1.165, 1.54) is 7.11 Å². The molecule has 33 heavy (non-hydrogen) atoms. The van der Waals surface area contributed by atoms with Crippen LogP contribution < -0.4 is 15.4 Å². The van der Waals surface area contributed by atoms with E-state index in [1.54, 1.807) is 11.6 Å². The number of nitrogens with one attached hydrogen (secondary N) is 2. The zero-order chi connectivity index (χ0) is 23.4. The van der Waals surface area contributed by atoms with Crippen LogP contribution in [-0.4, -0.2) is 35.5 Å². The van der Waals surface area contributed by atoms with Crippen LogP contribution in [0.4, 0.5) is 4.79 Å². The van der Waals surface area contributed by atoms with E-state index in [4.69, 9.17) is 14.6 Å². The first-order valence-corrected chi connectivity index (χ1v) is 10.8. The van der Waals surface area contributed by atoms with Crippen LogP contribution in [0.2, 0.25) is 0 Å². The van der Waals surface area contributed by atoms with E-state index < -0.39 is 18.0 Å². The normalized spacial score (nSPS) is 15.6. The zero-order valence-corrected chi connectivity index (χ0v) is 18.8. The van der Waals surface area contributed by atoms with Crippen molar-refractivity contribution in [3.63, 3.8) is 0 Å². The van der Waals surface area contributed by atoms with E-state index in [2.05, 4.69) is 17.6 Å². The first-order chi connectivity index (χ1) is 16.0. The molecule has 0 fully saturated rings. The Morgan fingerprint density at radius 2 is 1.85 bits per heavy atom. The number of rotatable bonds is 7. The van der Waals surface area contributed by atoms with E-state index in [0.717, 1.165) is 23.4 Å². The maximum absolute atomic E-state index is 12.6. The Morgan fingerprint density at radius 1 is 1.12 bits per heavy atom. The Balaban J connectivity index is 1.84. The van der Waals surface area contributed by atoms with Gasteiger partial charge in [-0.1, -0.05) is 25.1 Å². The van der Waals surface area contributed by atoms with Crippen LogP contribution in [0.5, 0.6) is 5.75 Å². The number of benzene rings is 2. The molecule has 0 saturated heterocycles. The summed E-state index contributed by atoms with van der Waals surface area (Å²) in [7, 11) is 1.32. The SMILES string of the molecule is CCCOc1ccc(-c2nn(-c3ccccc3)cc2[C@@H]2NC(=O)NC(C)=C2C(=O)OC)cc1. The maximum Gasteiger partial charge on any atom is 0.337 e. The van der Waals surface area contributed by atoms with Gasteiger partial charge in [-0.25, -0.2) is 14.3 Å². The van der Waals surface area contributed by atoms with Gasteiger partial charge in [-0.3, -0.25) is 0 Å². The molecule has 2 heterocycles. The van der Waals surface area contributed by atoms with Crippen LogP contribution in [0, 0.1) is 0 Å². The standard InChI is InChI=1S/C25H26N4O4/c1-4-14-33-19-12-10-17(11-13-19)22-20(15-29(28-22)18-8-6-5-7-9-18)23-21(24(30)32-3)16(2)26-25(31)27-23/h5-13,15,23H,4,14H2,1-3H3,(H2,26,27,31)/t23-/m0/s1. The van der Waals surface area contributed by atoms with Crippen molar-refractivity contribution in [2.24, 2.45) is 0 Å². The smallest absolute Gasteiger partial charge is 0.337 e. The van der Waals surface area contributed by atoms with Crippen molar-refractivity contribution >= 4 is 12.0 Å². The number of ether oxygens (including phenoxy) is 2. The van der Waals surface area contributed by atoms with E-state index >= 15 is 0 Å². The van der Waals surface area contributed by atoms with Gasteiger partial charge in [0.15, 0.2) is 0 Å². The lowest BCUT2D eigenvalue weighted by Crippen LogP contribution is -2.45. The highest BCUT2D eigenvalue weighted by atomic mass is 16.5. The largest absolute Gasteiger partial charge is 0.494 e. The number of carbonyl (C=O) groups is 2. The third-order valence-electron chi connectivity index (χ3n) is 5.35. The van der Waals surface area contributed by atoms with Crippen molar-refractivity contribution in [1.29, 1.82) is 0 Å². The molecule has 1 aromatic heterocycles. The molecule has 0 aliphatic carbocycles. The minimum absolute atomic E-state index is 0.328. The van der Waals surface area contributed by atoms with Gasteiger partial charge in [0.1, 0.15) is 5.75 Å². The fourth-order valence-corrected chi connectivity index (χ4v) is 3.77. The molecule has 1 aliphatic heterocycles. The van der Waals surface area contributed by atoms with Gasteiger partial charge in [0.25, 0.3) is 0 Å². The predicted molar refractivity (Wildman–Crippen MR) is 124 cm³/mol. The van der Waals surface area contributed by atoms with Gasteiger partial charge in [-0.05, 0) is 49.7 Å². The number of hydrogen-bond donors (Lipinski definition) is 2. The van der Waals surface area contributed by atoms with Gasteiger partial charge in [-0.2, -0.15) is 5.10 Å². The summed E-state index contributed by atoms with van der Waals surface area (Å²) in [6.07, 6.45) is 2.75. The number of methoxy groups -OCH3 is 1. The van der Waals surface area contributed by atoms with Crippen LogP contribution in [0.3, 0.4) is 0 Å². The van der Waals surface area contributed by atoms with Crippen molar-refractivity contribution in [3.05, 3.63) is 77.6 Å². The van der Waals surface area contributed by atoms with Crippen molar-refractivity contribution in [3.8, 4) is 22.7 Å². The number of hydrogen-bond acceptors (Lipinski definition) is 5. The Bertz CT molecular complexity index is 1180. The monoisotopic (exact) mass is 446 g/mol. The van der Waals surface area contributed by atoms with Crippen molar-refractivity contribution in [1.82, 2.24) is 20.4 Å². The summed E-state index contributed by atoms with van der Waals surface area (Å²) in [5, 5.41) is 10.3. The molecule has 1 atom stereocenters. The summed E-state index contributed by atoms with van der Waals surface area (Å²) in [6.45, 7) is 4.37. The number of carbonyl (C=O) groups excluding carboxylic acids is 2. The average molecular weight is 447 g/mol. The van der Waals surface area contributed by atoms with Crippen LogP contribution >= 0.6 is 0 Å². The predicted octanol–water partition coefficient (Wildman–Crippen LogP) is 4.13. The summed E-state index contributed by atoms with van der Waals surface area (Å²) >= 11 is 0. The highest BCUT2D eigenvalue weighted by Gasteiger charge is 2.35. The summed E-state index contributed by atoms with van der Waals surface area (Å²) in [5.74, 6) is 0.248. The van der Waals surface area contributed by atoms with Crippen LogP contribution in [0.25, 0.3) is 16.9 Å². The first kappa shape index (κ1) is 22.1. The molecular formula is C25H26N4O4. The molecule has 4 rings (SSSR count). The fourth-order valence-electron chi connectivity index (χ4n) is 3.77. The minimum Gasteiger partial charge on any atom is -0.494 e. The van der Waals surface area contributed by atoms with Gasteiger partial charge in [0.05, 0.1) is 36.7 Å². The summed E-state index contributed by atoms with van der Waals surface area (Å²) in [6, 6.07) is 16.1. The van der Waals surface area contributed by atoms with Gasteiger partial charge in [-0.15, -0.1) is 0 Å². The molecular weight excluding hydrogens is 420 g/mol. The third-order valence-corrected chi connectivity index (χ3v) is 5.35. The number of amides is 2. The van der Waals surface area contributed by atoms with Crippen LogP contribution in [-0.2, 0) is 9.53 Å². The molecule has 1 aliphatic rings. The molecule has 2 amide bonds. The molecule has 8 heteroatoms. The number of nitrogens with zero attached hydrogens (tertiary/aromatic N) is 2. The van der Waals surface area contributed by atoms with Gasteiger partial charge in [0.2, 0.25) is 0 Å². The number of allylic oxidation sites excluding steroid dienone is 1. The highest BCUT2D eigenvalue weighted by molar-refractivity contribution is 5.95. The van der Waals surface area contributed by atoms with E-state index in [1.807, 2.05) is 60.8 Å². The van der Waals surface area contributed by atoms with Crippen LogP contribution in [0.1, 0.15) is 31.9 Å². The Morgan fingerprint density at radius 3 is 2.52 bits per heavy atom. The Hall–Kier alpha value is -4.07. The molecule has 2 aromatic carbocycles. The van der Waals surface area contributed by atoms with Crippen molar-refractivity contribution < 1.29 is 19.1 Å². The number of aromatic nitrogens is 2. The number of esters is 1. The molecule has 0 saturated carbocycles. The first-order valence-electron chi connectivity index (χ1n) is 10.8. The molecule has 0 radical (unpaired) electrons. The number of para-hydroxylation sites is 1. The highest BCUT2D eigenvalue weighted by Crippen LogP contribution is 2.35. The summed E-state index contributed by atoms with van der Waals surface area (Å²) in [5.41, 5.74) is 3.77. The summed E-state index contributed by atoms with van der Waals surface area (Å²) in [4.78, 5) is 25.0. The molecule has 0 unspecified atom stereocenters. The van der Waals surface area contributed by atoms with Gasteiger partial charge in [0, 0.05) is 23.0 Å². The summed E-state index contributed by atoms with van der Waals surface area (Å²) < 4.78 is 12.4. The molecule has 0 spiro atoms. The van der Waals surface area contributed by atoms with Crippen molar-refractivity contribution in [2.45, 2.75) is 26.3 Å². The quantitative estimate of drug-likeness (QED) is 0.532. The molecule has 8 nitrogen and oxygen atoms in total. The number of urea groups is 1. The molecule has 0 bridgehead atoms. The maximum atomic E-state index is 12.6. The minimum atomic E-state index is -0.727. The lowest BCUT2D eigenvalue weighted by Gasteiger charge is -2.27. The topological polar surface area (TPSA) is 94.5 Å². The van der Waals surface area contributed by atoms with Crippen LogP contribution in [0.15, 0.2) is 72.1 Å². The van der Waals surface area contributed by atoms with E-state index in [-0.39, 0.29) is 0 Å². The fraction of sp³-hybridized carbons (Fsp3) is 0.240. The third kappa shape index (κ3) is 4.59. The lowest BCUT2D eigenvalue weighted by atomic mass is 9.94. The second-order valence-corrected chi connectivity index (χ2v) is 7.65. The molecule has 3 aromatic rings. The average Bonchev–Trinajstić information content (AvgIpc) is 3.28. The molecule has 170 valence electrons. The van der Waals surface area contributed by atoms with Crippen molar-refractivity contribution in [2.75, 3.05) is 13.7 Å². The van der Waals surface area contributed by atoms with E-state index in [9.17, 15) is 9.59 Å². The van der Waals surface area contributed by atoms with E-state index in [0.29, 0.717) is 29.1 Å². The van der Waals surface area contributed by atoms with Gasteiger partial charge < -0.3 is 20.1 Å². The Labute approximate surface area is 192 Å². The zero-order valence-electron chi connectivity index (χ0n) is 18.8.